The Bertz CT molecular complexity index is 2240. The molecule has 0 fully saturated rings. The van der Waals surface area contributed by atoms with E-state index in [-0.39, 0.29) is 10.8 Å². The highest BCUT2D eigenvalue weighted by Gasteiger charge is 2.35. The van der Waals surface area contributed by atoms with Gasteiger partial charge in [-0.15, -0.1) is 0 Å². The average molecular weight is 686 g/mol. The highest BCUT2D eigenvalue weighted by atomic mass is 16.5. The van der Waals surface area contributed by atoms with Crippen molar-refractivity contribution in [3.8, 4) is 11.5 Å². The van der Waals surface area contributed by atoms with Crippen LogP contribution in [0.1, 0.15) is 72.2 Å². The van der Waals surface area contributed by atoms with Crippen molar-refractivity contribution in [3.63, 3.8) is 0 Å². The Kier molecular flexibility index (Phi) is 9.61. The molecule has 0 radical (unpaired) electrons. The van der Waals surface area contributed by atoms with E-state index in [0.29, 0.717) is 13.5 Å². The molecule has 0 unspecified atom stereocenters. The summed E-state index contributed by atoms with van der Waals surface area (Å²) >= 11 is 0. The van der Waals surface area contributed by atoms with Gasteiger partial charge in [-0.3, -0.25) is 0 Å². The molecule has 0 atom stereocenters. The number of pyridine rings is 1. The Morgan fingerprint density at radius 3 is 1.81 bits per heavy atom. The van der Waals surface area contributed by atoms with Crippen molar-refractivity contribution in [1.29, 1.82) is 0 Å². The second-order valence-corrected chi connectivity index (χ2v) is 14.7. The molecule has 1 aromatic heterocycles. The van der Waals surface area contributed by atoms with Crippen LogP contribution in [0.15, 0.2) is 140 Å². The van der Waals surface area contributed by atoms with E-state index >= 15 is 0 Å². The fraction of sp³-hybridized carbons (Fsp3) is 0.213. The van der Waals surface area contributed by atoms with Gasteiger partial charge in [-0.25, -0.2) is 0 Å². The lowest BCUT2D eigenvalue weighted by Crippen LogP contribution is -2.28. The number of ether oxygens (including phenoxy) is 2. The van der Waals surface area contributed by atoms with E-state index in [1.807, 2.05) is 47.0 Å². The van der Waals surface area contributed by atoms with Crippen LogP contribution in [-0.4, -0.2) is 40.0 Å². The molecule has 52 heavy (non-hydrogen) atoms. The number of benzene rings is 5. The predicted molar refractivity (Wildman–Crippen MR) is 211 cm³/mol. The highest BCUT2D eigenvalue weighted by Crippen LogP contribution is 2.44. The summed E-state index contributed by atoms with van der Waals surface area (Å²) in [4.78, 5) is 4.29. The van der Waals surface area contributed by atoms with Crippen LogP contribution in [0.4, 0.5) is 11.5 Å². The average Bonchev–Trinajstić information content (AvgIpc) is 3.18. The summed E-state index contributed by atoms with van der Waals surface area (Å²) < 4.78 is 16.4. The number of aryl methyl sites for hydroxylation is 2. The first-order chi connectivity index (χ1) is 25.1. The largest absolute Gasteiger partial charge is 0.454 e. The first-order valence-electron chi connectivity index (χ1n) is 18.0. The minimum atomic E-state index is -0.218. The smallest absolute Gasteiger partial charge is 0.325 e. The van der Waals surface area contributed by atoms with E-state index in [2.05, 4.69) is 155 Å². The lowest BCUT2D eigenvalue weighted by Gasteiger charge is -2.33. The minimum Gasteiger partial charge on any atom is -0.454 e. The van der Waals surface area contributed by atoms with Crippen molar-refractivity contribution in [3.05, 3.63) is 184 Å². The summed E-state index contributed by atoms with van der Waals surface area (Å²) in [6.07, 6.45) is 6.10. The fourth-order valence-electron chi connectivity index (χ4n) is 7.09. The monoisotopic (exact) mass is 685 g/mol. The predicted octanol–water partition coefficient (Wildman–Crippen LogP) is 10.3. The van der Waals surface area contributed by atoms with Crippen LogP contribution in [0.5, 0.6) is 11.5 Å². The van der Waals surface area contributed by atoms with E-state index in [1.165, 1.54) is 33.4 Å². The molecule has 0 spiro atoms. The normalized spacial score (nSPS) is 13.6. The van der Waals surface area contributed by atoms with Crippen molar-refractivity contribution in [2.24, 2.45) is 0 Å². The zero-order valence-electron chi connectivity index (χ0n) is 31.0. The maximum absolute atomic E-state index is 6.58. The summed E-state index contributed by atoms with van der Waals surface area (Å²) in [6.45, 7) is 14.5. The number of para-hydroxylation sites is 1. The van der Waals surface area contributed by atoms with Gasteiger partial charge in [-0.2, -0.15) is 9.15 Å². The van der Waals surface area contributed by atoms with Crippen LogP contribution >= 0.6 is 0 Å². The van der Waals surface area contributed by atoms with Gasteiger partial charge in [-0.1, -0.05) is 119 Å². The second-order valence-electron chi connectivity index (χ2n) is 14.7. The number of fused-ring (bicyclic) bond motifs is 2. The third kappa shape index (κ3) is 7.17. The third-order valence-electron chi connectivity index (χ3n) is 10.2. The lowest BCUT2D eigenvalue weighted by atomic mass is 9.72. The second kappa shape index (κ2) is 14.4. The SMILES string of the molecule is C1=[N+](c2ccccn2)COc2ccccc21.Cc1cc(C)cc([N+]2=Cc3cc(C(C)(C)c4ccccc4)cc(C(C)(C)c4ccccc4)c3OC2)c1. The Balaban J connectivity index is 0.000000217. The molecule has 2 aliphatic rings. The summed E-state index contributed by atoms with van der Waals surface area (Å²) in [5, 5.41) is 0. The first-order valence-corrected chi connectivity index (χ1v) is 18.0. The molecular formula is C47H47N3O2+2. The molecule has 0 saturated carbocycles. The molecule has 5 aromatic carbocycles. The molecule has 5 heteroatoms. The van der Waals surface area contributed by atoms with Gasteiger partial charge in [0.1, 0.15) is 23.9 Å². The van der Waals surface area contributed by atoms with Gasteiger partial charge >= 0.3 is 5.82 Å². The maximum Gasteiger partial charge on any atom is 0.325 e. The van der Waals surface area contributed by atoms with Crippen molar-refractivity contribution < 1.29 is 18.6 Å². The first kappa shape index (κ1) is 34.6. The van der Waals surface area contributed by atoms with E-state index < -0.39 is 0 Å². The molecule has 0 aliphatic carbocycles. The number of aromatic nitrogens is 1. The van der Waals surface area contributed by atoms with Gasteiger partial charge in [0, 0.05) is 34.6 Å². The van der Waals surface area contributed by atoms with Gasteiger partial charge < -0.3 is 9.47 Å². The van der Waals surface area contributed by atoms with Gasteiger partial charge in [0.25, 0.3) is 6.73 Å². The molecule has 0 amide bonds. The molecule has 0 bridgehead atoms. The Morgan fingerprint density at radius 1 is 0.538 bits per heavy atom. The zero-order valence-corrected chi connectivity index (χ0v) is 31.0. The molecular weight excluding hydrogens is 639 g/mol. The molecule has 260 valence electrons. The van der Waals surface area contributed by atoms with Crippen LogP contribution in [0.2, 0.25) is 0 Å². The van der Waals surface area contributed by atoms with E-state index in [1.54, 1.807) is 6.20 Å². The summed E-state index contributed by atoms with van der Waals surface area (Å²) in [5.74, 6) is 2.81. The molecule has 0 N–H and O–H groups in total. The summed E-state index contributed by atoms with van der Waals surface area (Å²) in [7, 11) is 0. The van der Waals surface area contributed by atoms with Crippen LogP contribution in [0.3, 0.4) is 0 Å². The Hall–Kier alpha value is -5.81. The number of nitrogens with zero attached hydrogens (tertiary/aromatic N) is 3. The standard InChI is InChI=1S/C34H36NO.C13H11N2O/c1-24-17-25(2)19-30(18-24)35-22-26-20-29(33(3,4)27-13-9-7-10-14-27)21-31(32(26)36-23-35)34(5,6)28-15-11-8-12-16-28;1-2-6-12-11(5-1)9-15(10-16-12)13-7-3-4-8-14-13/h7-22H,23H2,1-6H3;1-9H,10H2/q2*+1. The summed E-state index contributed by atoms with van der Waals surface area (Å²) in [5.41, 5.74) is 10.6. The minimum absolute atomic E-state index is 0.159. The molecule has 2 aliphatic heterocycles. The van der Waals surface area contributed by atoms with E-state index in [0.717, 1.165) is 34.1 Å². The van der Waals surface area contributed by atoms with Crippen LogP contribution in [0.25, 0.3) is 0 Å². The maximum atomic E-state index is 6.58. The highest BCUT2D eigenvalue weighted by molar-refractivity contribution is 5.84. The topological polar surface area (TPSA) is 37.4 Å². The van der Waals surface area contributed by atoms with Crippen LogP contribution in [-0.2, 0) is 10.8 Å². The molecule has 6 aromatic rings. The van der Waals surface area contributed by atoms with Crippen LogP contribution in [0, 0.1) is 13.8 Å². The van der Waals surface area contributed by atoms with Crippen molar-refractivity contribution >= 4 is 23.9 Å². The quantitative estimate of drug-likeness (QED) is 0.164. The van der Waals surface area contributed by atoms with Crippen molar-refractivity contribution in [2.45, 2.75) is 52.4 Å². The summed E-state index contributed by atoms with van der Waals surface area (Å²) in [6, 6.07) is 46.7. The third-order valence-corrected chi connectivity index (χ3v) is 10.2. The Labute approximate surface area is 308 Å². The number of hydrogen-bond acceptors (Lipinski definition) is 3. The van der Waals surface area contributed by atoms with Gasteiger partial charge in [0.05, 0.1) is 11.1 Å². The number of rotatable bonds is 6. The van der Waals surface area contributed by atoms with Crippen molar-refractivity contribution in [1.82, 2.24) is 4.98 Å². The van der Waals surface area contributed by atoms with Crippen LogP contribution < -0.4 is 9.47 Å². The van der Waals surface area contributed by atoms with E-state index in [4.69, 9.17) is 9.47 Å². The molecule has 5 nitrogen and oxygen atoms in total. The van der Waals surface area contributed by atoms with Gasteiger partial charge in [-0.05, 0) is 70.9 Å². The number of hydrogen-bond donors (Lipinski definition) is 0. The van der Waals surface area contributed by atoms with E-state index in [9.17, 15) is 0 Å². The lowest BCUT2D eigenvalue weighted by molar-refractivity contribution is -0.479. The van der Waals surface area contributed by atoms with Crippen molar-refractivity contribution in [2.75, 3.05) is 13.5 Å². The molecule has 3 heterocycles. The Morgan fingerprint density at radius 2 is 1.13 bits per heavy atom. The molecule has 0 saturated heterocycles. The molecule has 8 rings (SSSR count). The van der Waals surface area contributed by atoms with Gasteiger partial charge in [0.15, 0.2) is 6.21 Å². The fourth-order valence-corrected chi connectivity index (χ4v) is 7.09. The zero-order chi connectivity index (χ0) is 36.3. The van der Waals surface area contributed by atoms with Gasteiger partial charge in [0.2, 0.25) is 12.4 Å².